The molecule has 0 aliphatic rings. The largest absolute Gasteiger partial charge is 0.493 e. The summed E-state index contributed by atoms with van der Waals surface area (Å²) in [4.78, 5) is 17.5. The van der Waals surface area contributed by atoms with E-state index < -0.39 is 11.7 Å². The fourth-order valence-electron chi connectivity index (χ4n) is 3.57. The molecular weight excluding hydrogens is 473 g/mol. The van der Waals surface area contributed by atoms with Crippen molar-refractivity contribution in [2.75, 3.05) is 11.9 Å². The van der Waals surface area contributed by atoms with Crippen LogP contribution in [0.2, 0.25) is 0 Å². The van der Waals surface area contributed by atoms with Crippen molar-refractivity contribution in [2.45, 2.75) is 26.4 Å². The zero-order valence-corrected chi connectivity index (χ0v) is 20.0. The molecule has 1 aromatic heterocycles. The maximum atomic E-state index is 13.1. The smallest absolute Gasteiger partial charge is 0.416 e. The van der Waals surface area contributed by atoms with Crippen LogP contribution in [0.3, 0.4) is 0 Å². The minimum Gasteiger partial charge on any atom is -0.493 e. The number of benzene rings is 3. The van der Waals surface area contributed by atoms with Gasteiger partial charge in [0, 0.05) is 23.1 Å². The van der Waals surface area contributed by atoms with Crippen molar-refractivity contribution >= 4 is 22.9 Å². The highest BCUT2D eigenvalue weighted by Gasteiger charge is 2.30. The van der Waals surface area contributed by atoms with Gasteiger partial charge >= 0.3 is 6.18 Å². The van der Waals surface area contributed by atoms with Gasteiger partial charge in [0.1, 0.15) is 5.75 Å². The highest BCUT2D eigenvalue weighted by molar-refractivity contribution is 7.09. The summed E-state index contributed by atoms with van der Waals surface area (Å²) in [5.41, 5.74) is 3.17. The van der Waals surface area contributed by atoms with E-state index in [-0.39, 0.29) is 5.91 Å². The van der Waals surface area contributed by atoms with Crippen molar-refractivity contribution in [2.24, 2.45) is 0 Å². The Balaban J connectivity index is 1.44. The van der Waals surface area contributed by atoms with Gasteiger partial charge in [0.2, 0.25) is 0 Å². The first kappa shape index (κ1) is 24.5. The highest BCUT2D eigenvalue weighted by Crippen LogP contribution is 2.32. The number of hydrogen-bond donors (Lipinski definition) is 1. The number of carbonyl (C=O) groups is 1. The first-order valence-corrected chi connectivity index (χ1v) is 11.8. The van der Waals surface area contributed by atoms with Crippen molar-refractivity contribution in [3.8, 4) is 16.9 Å². The Bertz CT molecular complexity index is 1310. The minimum atomic E-state index is -4.41. The van der Waals surface area contributed by atoms with E-state index in [4.69, 9.17) is 4.74 Å². The molecule has 1 heterocycles. The highest BCUT2D eigenvalue weighted by atomic mass is 32.1. The third-order valence-electron chi connectivity index (χ3n) is 5.35. The van der Waals surface area contributed by atoms with Gasteiger partial charge in [0.15, 0.2) is 0 Å². The van der Waals surface area contributed by atoms with Gasteiger partial charge in [-0.25, -0.2) is 4.98 Å². The Morgan fingerprint density at radius 3 is 2.34 bits per heavy atom. The van der Waals surface area contributed by atoms with Gasteiger partial charge < -0.3 is 10.1 Å². The second kappa shape index (κ2) is 10.3. The number of rotatable bonds is 7. The summed E-state index contributed by atoms with van der Waals surface area (Å²) in [6.07, 6.45) is -3.70. The summed E-state index contributed by atoms with van der Waals surface area (Å²) in [6.45, 7) is 4.31. The number of halogens is 3. The van der Waals surface area contributed by atoms with Crippen molar-refractivity contribution in [3.05, 3.63) is 99.5 Å². The van der Waals surface area contributed by atoms with Crippen LogP contribution in [0.15, 0.2) is 72.1 Å². The Kier molecular flexibility index (Phi) is 7.21. The number of aryl methyl sites for hydroxylation is 2. The van der Waals surface area contributed by atoms with Crippen molar-refractivity contribution in [3.63, 3.8) is 0 Å². The van der Waals surface area contributed by atoms with Gasteiger partial charge in [-0.1, -0.05) is 29.8 Å². The molecule has 3 aromatic carbocycles. The molecule has 0 atom stereocenters. The number of nitrogens with one attached hydrogen (secondary N) is 1. The Morgan fingerprint density at radius 1 is 1.00 bits per heavy atom. The van der Waals surface area contributed by atoms with Crippen LogP contribution in [0.4, 0.5) is 18.9 Å². The lowest BCUT2D eigenvalue weighted by atomic mass is 9.96. The predicted octanol–water partition coefficient (Wildman–Crippen LogP) is 7.32. The molecule has 0 spiro atoms. The Hall–Kier alpha value is -3.65. The molecule has 1 amide bonds. The summed E-state index contributed by atoms with van der Waals surface area (Å²) >= 11 is 1.61. The van der Waals surface area contributed by atoms with E-state index in [1.54, 1.807) is 47.7 Å². The van der Waals surface area contributed by atoms with Gasteiger partial charge in [0.05, 0.1) is 22.9 Å². The van der Waals surface area contributed by atoms with E-state index in [1.165, 1.54) is 12.1 Å². The zero-order chi connectivity index (χ0) is 25.0. The van der Waals surface area contributed by atoms with Crippen LogP contribution < -0.4 is 10.1 Å². The second-order valence-electron chi connectivity index (χ2n) is 8.06. The first-order chi connectivity index (χ1) is 16.7. The Labute approximate surface area is 205 Å². The number of hydrogen-bond acceptors (Lipinski definition) is 4. The molecule has 0 fully saturated rings. The van der Waals surface area contributed by atoms with Gasteiger partial charge in [-0.15, -0.1) is 11.3 Å². The molecule has 35 heavy (non-hydrogen) atoms. The molecule has 0 saturated heterocycles. The average Bonchev–Trinajstić information content (AvgIpc) is 3.24. The lowest BCUT2D eigenvalue weighted by molar-refractivity contribution is -0.137. The lowest BCUT2D eigenvalue weighted by Crippen LogP contribution is -2.13. The average molecular weight is 497 g/mol. The SMILES string of the molecule is Cc1ccc(-c2ccc(C(F)(F)F)cc2)c(C(=O)Nc2ccc(OCCc3csc(C)n3)cc2)c1. The van der Waals surface area contributed by atoms with Crippen LogP contribution in [-0.4, -0.2) is 17.5 Å². The number of aromatic nitrogens is 1. The molecule has 0 radical (unpaired) electrons. The van der Waals surface area contributed by atoms with E-state index in [9.17, 15) is 18.0 Å². The van der Waals surface area contributed by atoms with Crippen LogP contribution >= 0.6 is 11.3 Å². The summed E-state index contributed by atoms with van der Waals surface area (Å²) in [5.74, 6) is 0.326. The van der Waals surface area contributed by atoms with Crippen molar-refractivity contribution in [1.29, 1.82) is 0 Å². The van der Waals surface area contributed by atoms with E-state index >= 15 is 0 Å². The molecule has 0 aliphatic heterocycles. The topological polar surface area (TPSA) is 51.2 Å². The van der Waals surface area contributed by atoms with E-state index in [1.807, 2.05) is 25.3 Å². The minimum absolute atomic E-state index is 0.351. The van der Waals surface area contributed by atoms with Crippen molar-refractivity contribution in [1.82, 2.24) is 4.98 Å². The van der Waals surface area contributed by atoms with Crippen LogP contribution in [0.5, 0.6) is 5.75 Å². The third kappa shape index (κ3) is 6.27. The standard InChI is InChI=1S/C27H23F3N2O2S/c1-17-3-12-24(19-4-6-20(7-5-19)27(28,29)30)25(15-17)26(33)32-21-8-10-23(11-9-21)34-14-13-22-16-35-18(2)31-22/h3-12,15-16H,13-14H2,1-2H3,(H,32,33). The van der Waals surface area contributed by atoms with Gasteiger partial charge in [-0.05, 0) is 67.4 Å². The van der Waals surface area contributed by atoms with E-state index in [0.29, 0.717) is 41.2 Å². The maximum Gasteiger partial charge on any atom is 0.416 e. The van der Waals surface area contributed by atoms with Crippen LogP contribution in [-0.2, 0) is 12.6 Å². The van der Waals surface area contributed by atoms with Gasteiger partial charge in [0.25, 0.3) is 5.91 Å². The third-order valence-corrected chi connectivity index (χ3v) is 6.17. The maximum absolute atomic E-state index is 13.1. The molecule has 4 aromatic rings. The van der Waals surface area contributed by atoms with Crippen LogP contribution in [0.1, 0.15) is 32.2 Å². The number of carbonyl (C=O) groups excluding carboxylic acids is 1. The zero-order valence-electron chi connectivity index (χ0n) is 19.1. The molecule has 180 valence electrons. The fourth-order valence-corrected chi connectivity index (χ4v) is 4.21. The molecular formula is C27H23F3N2O2S. The quantitative estimate of drug-likeness (QED) is 0.292. The number of anilines is 1. The molecule has 4 rings (SSSR count). The molecule has 0 aliphatic carbocycles. The normalized spacial score (nSPS) is 11.3. The fraction of sp³-hybridized carbons (Fsp3) is 0.185. The molecule has 1 N–H and O–H groups in total. The van der Waals surface area contributed by atoms with Crippen molar-refractivity contribution < 1.29 is 22.7 Å². The second-order valence-corrected chi connectivity index (χ2v) is 9.12. The number of alkyl halides is 3. The lowest BCUT2D eigenvalue weighted by Gasteiger charge is -2.13. The van der Waals surface area contributed by atoms with E-state index in [2.05, 4.69) is 10.3 Å². The summed E-state index contributed by atoms with van der Waals surface area (Å²) < 4.78 is 44.5. The summed E-state index contributed by atoms with van der Waals surface area (Å²) in [6, 6.07) is 17.1. The molecule has 0 bridgehead atoms. The van der Waals surface area contributed by atoms with Gasteiger partial charge in [-0.3, -0.25) is 4.79 Å². The summed E-state index contributed by atoms with van der Waals surface area (Å²) in [7, 11) is 0. The van der Waals surface area contributed by atoms with Crippen LogP contribution in [0, 0.1) is 13.8 Å². The number of ether oxygens (including phenoxy) is 1. The molecule has 0 saturated carbocycles. The monoisotopic (exact) mass is 496 g/mol. The predicted molar refractivity (Wildman–Crippen MR) is 132 cm³/mol. The molecule has 8 heteroatoms. The first-order valence-electron chi connectivity index (χ1n) is 10.9. The number of thiazole rings is 1. The molecule has 0 unspecified atom stereocenters. The Morgan fingerprint density at radius 2 is 1.71 bits per heavy atom. The number of nitrogens with zero attached hydrogens (tertiary/aromatic N) is 1. The van der Waals surface area contributed by atoms with Crippen LogP contribution in [0.25, 0.3) is 11.1 Å². The number of amides is 1. The van der Waals surface area contributed by atoms with Gasteiger partial charge in [-0.2, -0.15) is 13.2 Å². The van der Waals surface area contributed by atoms with E-state index in [0.717, 1.165) is 28.4 Å². The summed E-state index contributed by atoms with van der Waals surface area (Å²) in [5, 5.41) is 5.90. The molecule has 4 nitrogen and oxygen atoms in total.